The summed E-state index contributed by atoms with van der Waals surface area (Å²) >= 11 is 0. The summed E-state index contributed by atoms with van der Waals surface area (Å²) in [6.07, 6.45) is 0. The molecule has 0 rings (SSSR count). The van der Waals surface area contributed by atoms with Gasteiger partial charge < -0.3 is 0 Å². The Labute approximate surface area is 28.1 Å². The van der Waals surface area contributed by atoms with E-state index in [0.29, 0.717) is 0 Å². The van der Waals surface area contributed by atoms with Gasteiger partial charge in [-0.15, -0.1) is 0 Å². The van der Waals surface area contributed by atoms with E-state index < -0.39 is 10.3 Å². The van der Waals surface area contributed by atoms with Gasteiger partial charge in [0.25, 0.3) is 0 Å². The second-order valence-electron chi connectivity index (χ2n) is 0.285. The van der Waals surface area contributed by atoms with Crippen molar-refractivity contribution < 1.29 is 8.42 Å². The molecule has 0 fully saturated rings. The lowest BCUT2D eigenvalue weighted by Gasteiger charge is -1.41. The lowest BCUT2D eigenvalue weighted by atomic mass is 15.9. The van der Waals surface area contributed by atoms with Crippen molar-refractivity contribution in [2.75, 3.05) is 0 Å². The first-order chi connectivity index (χ1) is 1.73. The van der Waals surface area contributed by atoms with E-state index >= 15 is 0 Å². The SMILES string of the molecule is O=[SH](=O)P. The lowest BCUT2D eigenvalue weighted by molar-refractivity contribution is 0.626. The quantitative estimate of drug-likeness (QED) is 0.324. The Balaban J connectivity index is 3.51. The van der Waals surface area contributed by atoms with Gasteiger partial charge in [0, 0.05) is 0 Å². The van der Waals surface area contributed by atoms with Crippen molar-refractivity contribution >= 4 is 18.8 Å². The number of rotatable bonds is 0. The van der Waals surface area contributed by atoms with E-state index in [2.05, 4.69) is 0 Å². The van der Waals surface area contributed by atoms with Crippen molar-refractivity contribution in [1.82, 2.24) is 0 Å². The molecule has 0 aromatic carbocycles. The largest absolute Gasteiger partial charge is 0.228 e. The highest BCUT2D eigenvalue weighted by atomic mass is 32.7. The second kappa shape index (κ2) is 1.68. The summed E-state index contributed by atoms with van der Waals surface area (Å²) in [7, 11) is -0.593. The fraction of sp³-hybridized carbons (Fsp3) is 0. The topological polar surface area (TPSA) is 34.1 Å². The predicted octanol–water partition coefficient (Wildman–Crippen LogP) is -0.612. The molecule has 0 spiro atoms. The molecule has 2 nitrogen and oxygen atoms in total. The first-order valence-corrected chi connectivity index (χ1v) is 3.42. The third-order valence-corrected chi connectivity index (χ3v) is 0. The summed E-state index contributed by atoms with van der Waals surface area (Å²) < 4.78 is 18.0. The maximum absolute atomic E-state index is 9.00. The zero-order chi connectivity index (χ0) is 3.58. The van der Waals surface area contributed by atoms with Crippen molar-refractivity contribution in [1.29, 1.82) is 0 Å². The molecule has 26 valence electrons. The zero-order valence-corrected chi connectivity index (χ0v) is 3.89. The third kappa shape index (κ3) is 31.4. The monoisotopic (exact) mass is 98.0 g/mol. The van der Waals surface area contributed by atoms with Crippen LogP contribution in [0.2, 0.25) is 0 Å². The highest BCUT2D eigenvalue weighted by Gasteiger charge is 1.44. The molecule has 0 aromatic heterocycles. The molecule has 4 heavy (non-hydrogen) atoms. The molecule has 0 aliphatic rings. The average Bonchev–Trinajstić information content (AvgIpc) is 0.811. The molecule has 0 aromatic rings. The van der Waals surface area contributed by atoms with Gasteiger partial charge in [-0.05, 0) is 8.44 Å². The molecule has 0 saturated heterocycles. The molecule has 0 aliphatic heterocycles. The molecule has 1 atom stereocenters. The van der Waals surface area contributed by atoms with Gasteiger partial charge >= 0.3 is 0 Å². The summed E-state index contributed by atoms with van der Waals surface area (Å²) in [5, 5.41) is 0. The van der Waals surface area contributed by atoms with Gasteiger partial charge in [-0.2, -0.15) is 0 Å². The first-order valence-electron chi connectivity index (χ1n) is 0.623. The van der Waals surface area contributed by atoms with Crippen molar-refractivity contribution in [3.8, 4) is 0 Å². The van der Waals surface area contributed by atoms with Gasteiger partial charge in [-0.25, -0.2) is 8.42 Å². The summed E-state index contributed by atoms with van der Waals surface area (Å²) in [5.41, 5.74) is 0. The normalized spacial score (nSPS) is 8.50. The minimum absolute atomic E-state index is 1.61. The summed E-state index contributed by atoms with van der Waals surface area (Å²) in [4.78, 5) is 0. The van der Waals surface area contributed by atoms with Crippen LogP contribution in [0, 0.1) is 0 Å². The Hall–Kier alpha value is 0.380. The number of hydrogen-bond donors (Lipinski definition) is 1. The van der Waals surface area contributed by atoms with Gasteiger partial charge in [0.1, 0.15) is 0 Å². The molecule has 1 unspecified atom stereocenters. The maximum Gasteiger partial charge on any atom is 0.151 e. The van der Waals surface area contributed by atoms with Crippen molar-refractivity contribution in [2.45, 2.75) is 0 Å². The molecule has 0 amide bonds. The van der Waals surface area contributed by atoms with Gasteiger partial charge in [-0.1, -0.05) is 0 Å². The van der Waals surface area contributed by atoms with Crippen LogP contribution in [0.3, 0.4) is 0 Å². The molecule has 4 heteroatoms. The molecule has 0 heterocycles. The van der Waals surface area contributed by atoms with Crippen LogP contribution in [0.1, 0.15) is 0 Å². The average molecular weight is 98.1 g/mol. The third-order valence-electron chi connectivity index (χ3n) is 0. The highest BCUT2D eigenvalue weighted by molar-refractivity contribution is 8.25. The van der Waals surface area contributed by atoms with Crippen LogP contribution in [0.15, 0.2) is 0 Å². The minimum Gasteiger partial charge on any atom is -0.228 e. The van der Waals surface area contributed by atoms with Crippen LogP contribution in [-0.2, 0) is 10.3 Å². The Bertz CT molecular complexity index is 54.4. The van der Waals surface area contributed by atoms with Crippen LogP contribution in [0.4, 0.5) is 0 Å². The van der Waals surface area contributed by atoms with Crippen molar-refractivity contribution in [3.05, 3.63) is 0 Å². The summed E-state index contributed by atoms with van der Waals surface area (Å²) in [6, 6.07) is 0. The van der Waals surface area contributed by atoms with Gasteiger partial charge in [0.15, 0.2) is 10.3 Å². The zero-order valence-electron chi connectivity index (χ0n) is 1.84. The molecular weight excluding hydrogens is 95.0 g/mol. The fourth-order valence-corrected chi connectivity index (χ4v) is 0. The number of hydrogen-bond acceptors (Lipinski definition) is 2. The Morgan fingerprint density at radius 1 is 1.50 bits per heavy atom. The number of thiol groups is 1. The molecule has 0 bridgehead atoms. The summed E-state index contributed by atoms with van der Waals surface area (Å²) in [6.45, 7) is 0. The van der Waals surface area contributed by atoms with Gasteiger partial charge in [-0.3, -0.25) is 0 Å². The summed E-state index contributed by atoms with van der Waals surface area (Å²) in [5.74, 6) is 0. The van der Waals surface area contributed by atoms with Crippen LogP contribution in [-0.4, -0.2) is 8.42 Å². The Kier molecular flexibility index (Phi) is 1.84. The molecular formula is H3O2PS. The fourth-order valence-electron chi connectivity index (χ4n) is 0. The van der Waals surface area contributed by atoms with Crippen LogP contribution in [0.5, 0.6) is 0 Å². The Morgan fingerprint density at radius 3 is 1.50 bits per heavy atom. The maximum atomic E-state index is 9.00. The van der Waals surface area contributed by atoms with Gasteiger partial charge in [0.2, 0.25) is 0 Å². The predicted molar refractivity (Wildman–Crippen MR) is 20.0 cm³/mol. The standard InChI is InChI=1S/H3O2PS/c1-4(2)3/h4H,3H2. The molecule has 0 aliphatic carbocycles. The van der Waals surface area contributed by atoms with Crippen LogP contribution >= 0.6 is 8.44 Å². The molecule has 0 N–H and O–H groups in total. The molecule has 0 saturated carbocycles. The van der Waals surface area contributed by atoms with Crippen molar-refractivity contribution in [3.63, 3.8) is 0 Å². The van der Waals surface area contributed by atoms with E-state index in [1.165, 1.54) is 0 Å². The van der Waals surface area contributed by atoms with E-state index in [1.807, 2.05) is 0 Å². The van der Waals surface area contributed by atoms with Crippen molar-refractivity contribution in [2.24, 2.45) is 0 Å². The highest BCUT2D eigenvalue weighted by Crippen LogP contribution is 1.69. The van der Waals surface area contributed by atoms with E-state index in [4.69, 9.17) is 8.42 Å². The minimum atomic E-state index is -2.20. The van der Waals surface area contributed by atoms with E-state index in [1.54, 1.807) is 8.44 Å². The smallest absolute Gasteiger partial charge is 0.151 e. The van der Waals surface area contributed by atoms with E-state index in [0.717, 1.165) is 0 Å². The van der Waals surface area contributed by atoms with E-state index in [-0.39, 0.29) is 0 Å². The van der Waals surface area contributed by atoms with Crippen LogP contribution in [0.25, 0.3) is 0 Å². The molecule has 0 radical (unpaired) electrons. The lowest BCUT2D eigenvalue weighted by Crippen LogP contribution is -1.39. The first kappa shape index (κ1) is 4.38. The van der Waals surface area contributed by atoms with Gasteiger partial charge in [0.05, 0.1) is 0 Å². The Morgan fingerprint density at radius 2 is 1.50 bits per heavy atom. The van der Waals surface area contributed by atoms with Crippen LogP contribution < -0.4 is 0 Å². The second-order valence-corrected chi connectivity index (χ2v) is 2.12. The van der Waals surface area contributed by atoms with E-state index in [9.17, 15) is 0 Å².